The summed E-state index contributed by atoms with van der Waals surface area (Å²) in [6.45, 7) is 0. The van der Waals surface area contributed by atoms with Gasteiger partial charge in [0, 0.05) is 6.07 Å². The van der Waals surface area contributed by atoms with Gasteiger partial charge in [-0.05, 0) is 12.1 Å². The summed E-state index contributed by atoms with van der Waals surface area (Å²) in [6, 6.07) is 9.99. The highest BCUT2D eigenvalue weighted by atomic mass is 16.5. The Kier molecular flexibility index (Phi) is 3.00. The zero-order valence-corrected chi connectivity index (χ0v) is 10.3. The molecular weight excluding hydrogens is 260 g/mol. The first-order chi connectivity index (χ1) is 9.72. The molecule has 0 bridgehead atoms. The molecule has 3 rings (SSSR count). The van der Waals surface area contributed by atoms with Crippen LogP contribution in [0.25, 0.3) is 5.78 Å². The van der Waals surface area contributed by atoms with E-state index >= 15 is 0 Å². The molecule has 2 heterocycles. The summed E-state index contributed by atoms with van der Waals surface area (Å²) in [5, 5.41) is 2.62. The Labute approximate surface area is 112 Å². The van der Waals surface area contributed by atoms with Crippen molar-refractivity contribution in [1.29, 1.82) is 0 Å². The summed E-state index contributed by atoms with van der Waals surface area (Å²) in [5.41, 5.74) is -0.00181. The highest BCUT2D eigenvalue weighted by molar-refractivity contribution is 5.74. The van der Waals surface area contributed by atoms with Crippen LogP contribution in [0.15, 0.2) is 47.5 Å². The Bertz CT molecular complexity index is 807. The van der Waals surface area contributed by atoms with Gasteiger partial charge in [0.1, 0.15) is 12.1 Å². The fraction of sp³-hybridized carbons (Fsp3) is 0.0769. The van der Waals surface area contributed by atoms with Crippen molar-refractivity contribution in [1.82, 2.24) is 19.6 Å². The molecule has 0 spiro atoms. The maximum absolute atomic E-state index is 11.8. The summed E-state index contributed by atoms with van der Waals surface area (Å²) in [4.78, 5) is 31.4. The molecule has 0 fully saturated rings. The number of aromatic amines is 1. The minimum atomic E-state index is -0.483. The van der Waals surface area contributed by atoms with Crippen LogP contribution in [0.2, 0.25) is 0 Å². The number of hydrogen-bond acceptors (Lipinski definition) is 5. The van der Waals surface area contributed by atoms with Crippen molar-refractivity contribution in [2.75, 3.05) is 0 Å². The minimum Gasteiger partial charge on any atom is -0.426 e. The number of carbonyl (C=O) groups excluding carboxylic acids is 1. The standard InChI is InChI=1S/C13H10N4O3/c18-11-6-9(16-13-14-8-15-17(11)13)7-12(19)20-10-4-2-1-3-5-10/h1-6,8H,7H2,(H,14,15,16). The molecule has 0 aliphatic rings. The lowest BCUT2D eigenvalue weighted by atomic mass is 10.3. The molecular formula is C13H10N4O3. The number of rotatable bonds is 3. The monoisotopic (exact) mass is 270 g/mol. The predicted molar refractivity (Wildman–Crippen MR) is 69.4 cm³/mol. The average Bonchev–Trinajstić information content (AvgIpc) is 2.88. The van der Waals surface area contributed by atoms with Gasteiger partial charge >= 0.3 is 5.97 Å². The summed E-state index contributed by atoms with van der Waals surface area (Å²) >= 11 is 0. The summed E-state index contributed by atoms with van der Waals surface area (Å²) < 4.78 is 6.32. The van der Waals surface area contributed by atoms with Crippen molar-refractivity contribution in [2.45, 2.75) is 6.42 Å². The number of fused-ring (bicyclic) bond motifs is 1. The van der Waals surface area contributed by atoms with Crippen LogP contribution >= 0.6 is 0 Å². The van der Waals surface area contributed by atoms with Gasteiger partial charge in [-0.2, -0.15) is 4.52 Å². The zero-order chi connectivity index (χ0) is 13.9. The number of esters is 1. The minimum absolute atomic E-state index is 0.0898. The van der Waals surface area contributed by atoms with E-state index < -0.39 is 5.97 Å². The van der Waals surface area contributed by atoms with E-state index in [1.165, 1.54) is 16.9 Å². The van der Waals surface area contributed by atoms with Gasteiger partial charge in [0.25, 0.3) is 11.3 Å². The molecule has 7 nitrogen and oxygen atoms in total. The maximum atomic E-state index is 11.8. The predicted octanol–water partition coefficient (Wildman–Crippen LogP) is 0.566. The molecule has 7 heteroatoms. The van der Waals surface area contributed by atoms with Gasteiger partial charge in [0.05, 0.1) is 12.1 Å². The second kappa shape index (κ2) is 4.96. The third-order valence-electron chi connectivity index (χ3n) is 2.62. The highest BCUT2D eigenvalue weighted by Crippen LogP contribution is 2.09. The number of para-hydroxylation sites is 1. The quantitative estimate of drug-likeness (QED) is 0.555. The van der Waals surface area contributed by atoms with Gasteiger partial charge in [-0.15, -0.1) is 0 Å². The van der Waals surface area contributed by atoms with Crippen LogP contribution in [0.4, 0.5) is 0 Å². The van der Waals surface area contributed by atoms with Crippen molar-refractivity contribution in [3.8, 4) is 5.75 Å². The molecule has 1 aromatic carbocycles. The van der Waals surface area contributed by atoms with E-state index in [-0.39, 0.29) is 17.8 Å². The van der Waals surface area contributed by atoms with E-state index in [0.29, 0.717) is 11.4 Å². The largest absolute Gasteiger partial charge is 0.426 e. The molecule has 0 saturated heterocycles. The van der Waals surface area contributed by atoms with Crippen LogP contribution in [0, 0.1) is 0 Å². The molecule has 2 aromatic heterocycles. The Morgan fingerprint density at radius 1 is 1.30 bits per heavy atom. The number of carbonyl (C=O) groups is 1. The van der Waals surface area contributed by atoms with Crippen LogP contribution in [0.1, 0.15) is 5.69 Å². The Balaban J connectivity index is 1.79. The molecule has 100 valence electrons. The van der Waals surface area contributed by atoms with Gasteiger partial charge in [0.15, 0.2) is 0 Å². The first-order valence-corrected chi connectivity index (χ1v) is 5.90. The molecule has 0 aliphatic heterocycles. The Hall–Kier alpha value is -2.96. The van der Waals surface area contributed by atoms with Crippen molar-refractivity contribution >= 4 is 11.7 Å². The van der Waals surface area contributed by atoms with Crippen molar-refractivity contribution in [2.24, 2.45) is 0 Å². The number of aromatic nitrogens is 4. The van der Waals surface area contributed by atoms with Gasteiger partial charge in [-0.3, -0.25) is 14.7 Å². The number of hydrogen-bond donors (Lipinski definition) is 1. The Morgan fingerprint density at radius 3 is 2.90 bits per heavy atom. The normalized spacial score (nSPS) is 10.6. The molecule has 0 unspecified atom stereocenters. The van der Waals surface area contributed by atoms with E-state index in [9.17, 15) is 9.59 Å². The van der Waals surface area contributed by atoms with E-state index in [2.05, 4.69) is 15.1 Å². The fourth-order valence-corrected chi connectivity index (χ4v) is 1.76. The van der Waals surface area contributed by atoms with E-state index in [1.54, 1.807) is 24.3 Å². The Morgan fingerprint density at radius 2 is 2.10 bits per heavy atom. The van der Waals surface area contributed by atoms with Gasteiger partial charge < -0.3 is 4.74 Å². The molecule has 0 radical (unpaired) electrons. The zero-order valence-electron chi connectivity index (χ0n) is 10.3. The maximum Gasteiger partial charge on any atom is 0.317 e. The molecule has 0 saturated carbocycles. The highest BCUT2D eigenvalue weighted by Gasteiger charge is 2.10. The molecule has 20 heavy (non-hydrogen) atoms. The van der Waals surface area contributed by atoms with Crippen LogP contribution < -0.4 is 10.3 Å². The molecule has 0 amide bonds. The molecule has 3 aromatic rings. The fourth-order valence-electron chi connectivity index (χ4n) is 1.76. The summed E-state index contributed by atoms with van der Waals surface area (Å²) in [5.74, 6) is 0.193. The number of nitrogens with zero attached hydrogens (tertiary/aromatic N) is 3. The first-order valence-electron chi connectivity index (χ1n) is 5.90. The van der Waals surface area contributed by atoms with Crippen LogP contribution in [-0.4, -0.2) is 25.6 Å². The number of ether oxygens (including phenoxy) is 1. The smallest absolute Gasteiger partial charge is 0.317 e. The van der Waals surface area contributed by atoms with E-state index in [4.69, 9.17) is 4.74 Å². The topological polar surface area (TPSA) is 89.3 Å². The van der Waals surface area contributed by atoms with Crippen LogP contribution in [0.3, 0.4) is 0 Å². The third kappa shape index (κ3) is 2.41. The molecule has 1 N–H and O–H groups in total. The average molecular weight is 270 g/mol. The molecule has 0 aliphatic carbocycles. The van der Waals surface area contributed by atoms with Crippen molar-refractivity contribution < 1.29 is 9.53 Å². The summed E-state index contributed by atoms with van der Waals surface area (Å²) in [6.07, 6.45) is 1.27. The SMILES string of the molecule is O=C(Cc1cc(=O)n2[nH]cnc2n1)Oc1ccccc1. The van der Waals surface area contributed by atoms with Crippen LogP contribution in [-0.2, 0) is 11.2 Å². The van der Waals surface area contributed by atoms with Gasteiger partial charge in [-0.25, -0.2) is 9.97 Å². The molecule has 0 atom stereocenters. The van der Waals surface area contributed by atoms with Gasteiger partial charge in [0.2, 0.25) is 0 Å². The van der Waals surface area contributed by atoms with Crippen molar-refractivity contribution in [3.05, 3.63) is 58.8 Å². The lowest BCUT2D eigenvalue weighted by Crippen LogP contribution is -2.19. The lowest BCUT2D eigenvalue weighted by molar-refractivity contribution is -0.133. The van der Waals surface area contributed by atoms with Gasteiger partial charge in [-0.1, -0.05) is 18.2 Å². The third-order valence-corrected chi connectivity index (χ3v) is 2.62. The first kappa shape index (κ1) is 12.1. The second-order valence-corrected chi connectivity index (χ2v) is 4.07. The number of H-pyrrole nitrogens is 1. The van der Waals surface area contributed by atoms with E-state index in [1.807, 2.05) is 6.07 Å². The number of benzene rings is 1. The van der Waals surface area contributed by atoms with Crippen molar-refractivity contribution in [3.63, 3.8) is 0 Å². The lowest BCUT2D eigenvalue weighted by Gasteiger charge is -2.03. The van der Waals surface area contributed by atoms with Crippen LogP contribution in [0.5, 0.6) is 5.75 Å². The number of nitrogens with one attached hydrogen (secondary N) is 1. The second-order valence-electron chi connectivity index (χ2n) is 4.07. The van der Waals surface area contributed by atoms with E-state index in [0.717, 1.165) is 0 Å². The summed E-state index contributed by atoms with van der Waals surface area (Å²) in [7, 11) is 0.